The number of nitrogens with zero attached hydrogens (tertiary/aromatic N) is 2. The summed E-state index contributed by atoms with van der Waals surface area (Å²) in [6.07, 6.45) is 4.19. The second-order valence-electron chi connectivity index (χ2n) is 3.62. The lowest BCUT2D eigenvalue weighted by atomic mass is 10.2. The Hall–Kier alpha value is -2.32. The van der Waals surface area contributed by atoms with Crippen molar-refractivity contribution in [1.29, 1.82) is 0 Å². The average molecular weight is 278 g/mol. The molecule has 0 unspecified atom stereocenters. The third-order valence-electron chi connectivity index (χ3n) is 2.21. The molecule has 7 nitrogen and oxygen atoms in total. The van der Waals surface area contributed by atoms with Crippen molar-refractivity contribution in [2.75, 3.05) is 5.32 Å². The molecule has 2 aromatic rings. The third-order valence-corrected chi connectivity index (χ3v) is 3.01. The molecule has 0 bridgehead atoms. The smallest absolute Gasteiger partial charge is 0.257 e. The number of sulfonamides is 1. The van der Waals surface area contributed by atoms with Gasteiger partial charge < -0.3 is 5.32 Å². The molecule has 0 fully saturated rings. The van der Waals surface area contributed by atoms with Crippen molar-refractivity contribution >= 4 is 21.6 Å². The molecule has 3 N–H and O–H groups in total. The van der Waals surface area contributed by atoms with Gasteiger partial charge in [-0.3, -0.25) is 9.78 Å². The van der Waals surface area contributed by atoms with E-state index in [1.54, 1.807) is 18.3 Å². The Morgan fingerprint density at radius 3 is 2.68 bits per heavy atom. The maximum absolute atomic E-state index is 11.8. The molecule has 19 heavy (non-hydrogen) atoms. The van der Waals surface area contributed by atoms with Crippen LogP contribution in [0, 0.1) is 0 Å². The summed E-state index contributed by atoms with van der Waals surface area (Å²) in [5.41, 5.74) is 0.643. The van der Waals surface area contributed by atoms with Gasteiger partial charge in [0, 0.05) is 30.3 Å². The second kappa shape index (κ2) is 5.12. The van der Waals surface area contributed by atoms with Crippen LogP contribution >= 0.6 is 0 Å². The van der Waals surface area contributed by atoms with E-state index in [0.29, 0.717) is 5.56 Å². The maximum atomic E-state index is 11.8. The zero-order valence-corrected chi connectivity index (χ0v) is 10.5. The van der Waals surface area contributed by atoms with E-state index < -0.39 is 15.9 Å². The number of pyridine rings is 2. The van der Waals surface area contributed by atoms with Crippen molar-refractivity contribution in [2.45, 2.75) is 5.03 Å². The molecular weight excluding hydrogens is 268 g/mol. The standard InChI is InChI=1S/C11H10N4O3S/c12-19(17,18)10-6-9(3-5-14-10)15-11(16)8-2-1-4-13-7-8/h1-7H,(H2,12,17,18)(H,14,15,16). The Balaban J connectivity index is 2.23. The van der Waals surface area contributed by atoms with Crippen molar-refractivity contribution in [2.24, 2.45) is 5.14 Å². The van der Waals surface area contributed by atoms with Crippen LogP contribution in [0.2, 0.25) is 0 Å². The van der Waals surface area contributed by atoms with Crippen molar-refractivity contribution in [1.82, 2.24) is 9.97 Å². The summed E-state index contributed by atoms with van der Waals surface area (Å²) < 4.78 is 22.3. The lowest BCUT2D eigenvalue weighted by molar-refractivity contribution is 0.102. The Bertz CT molecular complexity index is 701. The lowest BCUT2D eigenvalue weighted by Gasteiger charge is -2.05. The van der Waals surface area contributed by atoms with Crippen molar-refractivity contribution in [3.8, 4) is 0 Å². The number of hydrogen-bond acceptors (Lipinski definition) is 5. The molecule has 0 atom stereocenters. The SMILES string of the molecule is NS(=O)(=O)c1cc(NC(=O)c2cccnc2)ccn1. The number of primary sulfonamides is 1. The summed E-state index contributed by atoms with van der Waals surface area (Å²) in [5.74, 6) is -0.403. The molecule has 1 amide bonds. The number of nitrogens with one attached hydrogen (secondary N) is 1. The molecule has 0 spiro atoms. The Morgan fingerprint density at radius 2 is 2.05 bits per heavy atom. The molecule has 0 aliphatic rings. The van der Waals surface area contributed by atoms with E-state index in [-0.39, 0.29) is 10.7 Å². The van der Waals surface area contributed by atoms with Crippen LogP contribution in [0.25, 0.3) is 0 Å². The van der Waals surface area contributed by atoms with Crippen LogP contribution in [-0.4, -0.2) is 24.3 Å². The molecular formula is C11H10N4O3S. The molecule has 0 aliphatic carbocycles. The summed E-state index contributed by atoms with van der Waals surface area (Å²) in [5, 5.41) is 7.18. The molecule has 0 aromatic carbocycles. The largest absolute Gasteiger partial charge is 0.322 e. The predicted octanol–water partition coefficient (Wildman–Crippen LogP) is 0.376. The second-order valence-corrected chi connectivity index (χ2v) is 5.13. The number of nitrogens with two attached hydrogens (primary N) is 1. The Kier molecular flexibility index (Phi) is 3.54. The number of aromatic nitrogens is 2. The van der Waals surface area contributed by atoms with Gasteiger partial charge in [-0.2, -0.15) is 0 Å². The van der Waals surface area contributed by atoms with Crippen LogP contribution < -0.4 is 10.5 Å². The van der Waals surface area contributed by atoms with Gasteiger partial charge in [0.2, 0.25) is 0 Å². The fraction of sp³-hybridized carbons (Fsp3) is 0. The molecule has 8 heteroatoms. The highest BCUT2D eigenvalue weighted by molar-refractivity contribution is 7.89. The van der Waals surface area contributed by atoms with E-state index in [0.717, 1.165) is 0 Å². The quantitative estimate of drug-likeness (QED) is 0.842. The maximum Gasteiger partial charge on any atom is 0.257 e. The minimum Gasteiger partial charge on any atom is -0.322 e. The molecule has 0 aliphatic heterocycles. The monoisotopic (exact) mass is 278 g/mol. The van der Waals surface area contributed by atoms with Crippen molar-refractivity contribution in [3.63, 3.8) is 0 Å². The number of carbonyl (C=O) groups is 1. The van der Waals surface area contributed by atoms with Gasteiger partial charge in [-0.15, -0.1) is 0 Å². The van der Waals surface area contributed by atoms with Gasteiger partial charge in [0.05, 0.1) is 5.56 Å². The normalized spacial score (nSPS) is 11.0. The average Bonchev–Trinajstić information content (AvgIpc) is 2.39. The first-order valence-corrected chi connectivity index (χ1v) is 6.72. The molecule has 2 rings (SSSR count). The number of anilines is 1. The highest BCUT2D eigenvalue weighted by Gasteiger charge is 2.11. The number of hydrogen-bond donors (Lipinski definition) is 2. The Labute approximate surface area is 109 Å². The summed E-state index contributed by atoms with van der Waals surface area (Å²) in [4.78, 5) is 19.3. The zero-order valence-electron chi connectivity index (χ0n) is 9.65. The van der Waals surface area contributed by atoms with Gasteiger partial charge in [-0.05, 0) is 18.2 Å². The fourth-order valence-electron chi connectivity index (χ4n) is 1.34. The molecule has 0 saturated heterocycles. The summed E-state index contributed by atoms with van der Waals surface area (Å²) >= 11 is 0. The van der Waals surface area contributed by atoms with Gasteiger partial charge in [0.25, 0.3) is 15.9 Å². The molecule has 0 saturated carbocycles. The van der Waals surface area contributed by atoms with E-state index >= 15 is 0 Å². The van der Waals surface area contributed by atoms with Gasteiger partial charge in [0.15, 0.2) is 5.03 Å². The van der Waals surface area contributed by atoms with Crippen LogP contribution in [0.1, 0.15) is 10.4 Å². The van der Waals surface area contributed by atoms with Gasteiger partial charge in [-0.25, -0.2) is 18.5 Å². The highest BCUT2D eigenvalue weighted by atomic mass is 32.2. The first-order chi connectivity index (χ1) is 8.97. The molecule has 98 valence electrons. The van der Waals surface area contributed by atoms with Crippen LogP contribution in [0.4, 0.5) is 5.69 Å². The van der Waals surface area contributed by atoms with E-state index in [2.05, 4.69) is 15.3 Å². The molecule has 2 aromatic heterocycles. The summed E-state index contributed by atoms with van der Waals surface area (Å²) in [6.45, 7) is 0. The highest BCUT2D eigenvalue weighted by Crippen LogP contribution is 2.12. The minimum absolute atomic E-state index is 0.285. The van der Waals surface area contributed by atoms with E-state index in [1.165, 1.54) is 24.5 Å². The van der Waals surface area contributed by atoms with Crippen molar-refractivity contribution < 1.29 is 13.2 Å². The van der Waals surface area contributed by atoms with Gasteiger partial charge >= 0.3 is 0 Å². The summed E-state index contributed by atoms with van der Waals surface area (Å²) in [6, 6.07) is 5.86. The summed E-state index contributed by atoms with van der Waals surface area (Å²) in [7, 11) is -3.90. The topological polar surface area (TPSA) is 115 Å². The lowest BCUT2D eigenvalue weighted by Crippen LogP contribution is -2.16. The minimum atomic E-state index is -3.90. The third kappa shape index (κ3) is 3.33. The van der Waals surface area contributed by atoms with Crippen LogP contribution in [0.5, 0.6) is 0 Å². The van der Waals surface area contributed by atoms with E-state index in [9.17, 15) is 13.2 Å². The first kappa shape index (κ1) is 13.1. The number of rotatable bonds is 3. The molecule has 0 radical (unpaired) electrons. The first-order valence-electron chi connectivity index (χ1n) is 5.17. The van der Waals surface area contributed by atoms with Crippen LogP contribution in [0.15, 0.2) is 47.9 Å². The van der Waals surface area contributed by atoms with Gasteiger partial charge in [0.1, 0.15) is 0 Å². The van der Waals surface area contributed by atoms with Gasteiger partial charge in [-0.1, -0.05) is 0 Å². The van der Waals surface area contributed by atoms with Crippen LogP contribution in [-0.2, 0) is 10.0 Å². The van der Waals surface area contributed by atoms with E-state index in [1.807, 2.05) is 0 Å². The van der Waals surface area contributed by atoms with Crippen molar-refractivity contribution in [3.05, 3.63) is 48.4 Å². The number of amides is 1. The van der Waals surface area contributed by atoms with E-state index in [4.69, 9.17) is 5.14 Å². The van der Waals surface area contributed by atoms with Crippen LogP contribution in [0.3, 0.4) is 0 Å². The molecule has 2 heterocycles. The predicted molar refractivity (Wildman–Crippen MR) is 67.8 cm³/mol. The fourth-order valence-corrected chi connectivity index (χ4v) is 1.84. The zero-order chi connectivity index (χ0) is 13.9. The Morgan fingerprint density at radius 1 is 1.26 bits per heavy atom. The number of carbonyl (C=O) groups excluding carboxylic acids is 1.